The molecule has 0 spiro atoms. The molecule has 0 amide bonds. The first-order chi connectivity index (χ1) is 11.5. The Morgan fingerprint density at radius 1 is 0.833 bits per heavy atom. The van der Waals surface area contributed by atoms with Crippen molar-refractivity contribution in [3.8, 4) is 23.0 Å². The van der Waals surface area contributed by atoms with Crippen LogP contribution in [0.25, 0.3) is 0 Å². The van der Waals surface area contributed by atoms with Crippen LogP contribution in [0.4, 0.5) is 0 Å². The van der Waals surface area contributed by atoms with Gasteiger partial charge in [0.2, 0.25) is 0 Å². The second-order valence-electron chi connectivity index (χ2n) is 4.69. The normalized spacial score (nSPS) is 11.0. The number of ether oxygens (including phenoxy) is 3. The molecule has 0 N–H and O–H groups in total. The number of hydrogen-bond acceptors (Lipinski definition) is 6. The van der Waals surface area contributed by atoms with Crippen LogP contribution in [-0.4, -0.2) is 28.7 Å². The van der Waals surface area contributed by atoms with Crippen LogP contribution in [0.15, 0.2) is 47.4 Å². The molecule has 0 aliphatic heterocycles. The third-order valence-electron chi connectivity index (χ3n) is 3.06. The molecule has 0 saturated carbocycles. The molecule has 0 heterocycles. The molecule has 0 radical (unpaired) electrons. The summed E-state index contributed by atoms with van der Waals surface area (Å²) in [5.41, 5.74) is 0. The summed E-state index contributed by atoms with van der Waals surface area (Å²) in [4.78, 5) is -0.0777. The van der Waals surface area contributed by atoms with E-state index in [1.807, 2.05) is 6.92 Å². The van der Waals surface area contributed by atoms with Gasteiger partial charge in [0, 0.05) is 6.07 Å². The Bertz CT molecular complexity index is 768. The van der Waals surface area contributed by atoms with E-state index in [-0.39, 0.29) is 16.4 Å². The quantitative estimate of drug-likeness (QED) is 0.679. The van der Waals surface area contributed by atoms with E-state index in [2.05, 4.69) is 0 Å². The van der Waals surface area contributed by atoms with Crippen LogP contribution < -0.4 is 18.4 Å². The second kappa shape index (κ2) is 7.92. The van der Waals surface area contributed by atoms with E-state index < -0.39 is 10.1 Å². The molecule has 24 heavy (non-hydrogen) atoms. The molecule has 0 atom stereocenters. The van der Waals surface area contributed by atoms with Gasteiger partial charge in [-0.2, -0.15) is 8.42 Å². The summed E-state index contributed by atoms with van der Waals surface area (Å²) in [7, 11) is -2.54. The van der Waals surface area contributed by atoms with Crippen LogP contribution in [0.3, 0.4) is 0 Å². The van der Waals surface area contributed by atoms with Crippen molar-refractivity contribution in [2.75, 3.05) is 20.3 Å². The molecule has 6 nitrogen and oxygen atoms in total. The molecule has 0 saturated heterocycles. The van der Waals surface area contributed by atoms with E-state index in [0.29, 0.717) is 24.7 Å². The van der Waals surface area contributed by atoms with E-state index in [9.17, 15) is 8.42 Å². The van der Waals surface area contributed by atoms with Crippen molar-refractivity contribution in [2.24, 2.45) is 0 Å². The van der Waals surface area contributed by atoms with E-state index in [0.717, 1.165) is 0 Å². The molecular weight excluding hydrogens is 332 g/mol. The largest absolute Gasteiger partial charge is 0.497 e. The standard InChI is InChI=1S/C17H20O6S/c1-4-21-15-10-11-16(22-5-2)17(12-15)24(18,19)23-14-8-6-13(20-3)7-9-14/h6-12H,4-5H2,1-3H3. The SMILES string of the molecule is CCOc1ccc(OCC)c(S(=O)(=O)Oc2ccc(OC)cc2)c1. The average Bonchev–Trinajstić information content (AvgIpc) is 2.57. The molecular formula is C17H20O6S. The van der Waals surface area contributed by atoms with Crippen molar-refractivity contribution in [1.29, 1.82) is 0 Å². The van der Waals surface area contributed by atoms with Crippen LogP contribution in [0, 0.1) is 0 Å². The summed E-state index contributed by atoms with van der Waals surface area (Å²) < 4.78 is 46.2. The summed E-state index contributed by atoms with van der Waals surface area (Å²) in [6, 6.07) is 10.9. The smallest absolute Gasteiger partial charge is 0.343 e. The van der Waals surface area contributed by atoms with Gasteiger partial charge >= 0.3 is 10.1 Å². The van der Waals surface area contributed by atoms with Gasteiger partial charge in [-0.15, -0.1) is 0 Å². The van der Waals surface area contributed by atoms with E-state index in [1.165, 1.54) is 25.3 Å². The molecule has 2 rings (SSSR count). The molecule has 2 aromatic rings. The summed E-state index contributed by atoms with van der Waals surface area (Å²) in [6.07, 6.45) is 0. The first-order valence-electron chi connectivity index (χ1n) is 7.48. The van der Waals surface area contributed by atoms with Crippen molar-refractivity contribution in [3.05, 3.63) is 42.5 Å². The zero-order valence-electron chi connectivity index (χ0n) is 13.8. The number of benzene rings is 2. The molecule has 130 valence electrons. The average molecular weight is 352 g/mol. The Balaban J connectivity index is 2.36. The third kappa shape index (κ3) is 4.32. The Morgan fingerprint density at radius 3 is 2.00 bits per heavy atom. The fourth-order valence-electron chi connectivity index (χ4n) is 2.02. The van der Waals surface area contributed by atoms with Gasteiger partial charge in [0.15, 0.2) is 4.90 Å². The minimum Gasteiger partial charge on any atom is -0.497 e. The predicted molar refractivity (Wildman–Crippen MR) is 89.6 cm³/mol. The van der Waals surface area contributed by atoms with Gasteiger partial charge in [-0.25, -0.2) is 0 Å². The third-order valence-corrected chi connectivity index (χ3v) is 4.33. The number of hydrogen-bond donors (Lipinski definition) is 0. The second-order valence-corrected chi connectivity index (χ2v) is 6.20. The first-order valence-corrected chi connectivity index (χ1v) is 8.89. The Morgan fingerprint density at radius 2 is 1.42 bits per heavy atom. The Labute approximate surface area is 142 Å². The number of methoxy groups -OCH3 is 1. The van der Waals surface area contributed by atoms with Crippen molar-refractivity contribution in [2.45, 2.75) is 18.7 Å². The highest BCUT2D eigenvalue weighted by molar-refractivity contribution is 7.87. The maximum atomic E-state index is 12.6. The Kier molecular flexibility index (Phi) is 5.92. The maximum absolute atomic E-state index is 12.6. The van der Waals surface area contributed by atoms with Crippen LogP contribution in [0.2, 0.25) is 0 Å². The molecule has 0 unspecified atom stereocenters. The van der Waals surface area contributed by atoms with E-state index in [1.54, 1.807) is 31.2 Å². The van der Waals surface area contributed by atoms with Gasteiger partial charge in [0.05, 0.1) is 20.3 Å². The lowest BCUT2D eigenvalue weighted by atomic mass is 10.3. The zero-order valence-corrected chi connectivity index (χ0v) is 14.6. The predicted octanol–water partition coefficient (Wildman–Crippen LogP) is 3.26. The van der Waals surface area contributed by atoms with Gasteiger partial charge < -0.3 is 18.4 Å². The molecule has 0 aliphatic rings. The summed E-state index contributed by atoms with van der Waals surface area (Å²) in [5.74, 6) is 1.43. The summed E-state index contributed by atoms with van der Waals surface area (Å²) in [6.45, 7) is 4.35. The summed E-state index contributed by atoms with van der Waals surface area (Å²) >= 11 is 0. The minimum atomic E-state index is -4.07. The van der Waals surface area contributed by atoms with E-state index in [4.69, 9.17) is 18.4 Å². The Hall–Kier alpha value is -2.41. The monoisotopic (exact) mass is 352 g/mol. The fourth-order valence-corrected chi connectivity index (χ4v) is 3.11. The van der Waals surface area contributed by atoms with Gasteiger partial charge in [-0.05, 0) is 50.2 Å². The van der Waals surface area contributed by atoms with Crippen molar-refractivity contribution in [3.63, 3.8) is 0 Å². The van der Waals surface area contributed by atoms with E-state index >= 15 is 0 Å². The summed E-state index contributed by atoms with van der Waals surface area (Å²) in [5, 5.41) is 0. The van der Waals surface area contributed by atoms with Gasteiger partial charge in [0.1, 0.15) is 23.0 Å². The van der Waals surface area contributed by atoms with Gasteiger partial charge in [-0.3, -0.25) is 0 Å². The molecule has 0 bridgehead atoms. The molecule has 7 heteroatoms. The zero-order chi connectivity index (χ0) is 17.6. The molecule has 0 aromatic heterocycles. The highest BCUT2D eigenvalue weighted by atomic mass is 32.2. The first kappa shape index (κ1) is 17.9. The highest BCUT2D eigenvalue weighted by Crippen LogP contribution is 2.31. The van der Waals surface area contributed by atoms with Crippen molar-refractivity contribution >= 4 is 10.1 Å². The lowest BCUT2D eigenvalue weighted by Gasteiger charge is -2.13. The molecule has 0 aliphatic carbocycles. The van der Waals surface area contributed by atoms with Crippen LogP contribution in [-0.2, 0) is 10.1 Å². The lowest BCUT2D eigenvalue weighted by Crippen LogP contribution is -2.12. The molecule has 2 aromatic carbocycles. The van der Waals surface area contributed by atoms with Crippen molar-refractivity contribution < 1.29 is 26.8 Å². The van der Waals surface area contributed by atoms with Crippen LogP contribution in [0.5, 0.6) is 23.0 Å². The van der Waals surface area contributed by atoms with Crippen molar-refractivity contribution in [1.82, 2.24) is 0 Å². The minimum absolute atomic E-state index is 0.0777. The topological polar surface area (TPSA) is 71.1 Å². The maximum Gasteiger partial charge on any atom is 0.343 e. The van der Waals surface area contributed by atoms with Crippen LogP contribution >= 0.6 is 0 Å². The lowest BCUT2D eigenvalue weighted by molar-refractivity contribution is 0.321. The highest BCUT2D eigenvalue weighted by Gasteiger charge is 2.23. The number of rotatable bonds is 8. The van der Waals surface area contributed by atoms with Gasteiger partial charge in [-0.1, -0.05) is 0 Å². The van der Waals surface area contributed by atoms with Crippen LogP contribution in [0.1, 0.15) is 13.8 Å². The molecule has 0 fully saturated rings. The fraction of sp³-hybridized carbons (Fsp3) is 0.294. The van der Waals surface area contributed by atoms with Gasteiger partial charge in [0.25, 0.3) is 0 Å².